The third-order valence-electron chi connectivity index (χ3n) is 4.17. The van der Waals surface area contributed by atoms with Gasteiger partial charge in [0.15, 0.2) is 5.82 Å². The molecule has 1 amide bonds. The van der Waals surface area contributed by atoms with Crippen LogP contribution in [0.5, 0.6) is 0 Å². The zero-order valence-corrected chi connectivity index (χ0v) is 15.3. The second kappa shape index (κ2) is 7.82. The number of hydrogen-bond acceptors (Lipinski definition) is 3. The van der Waals surface area contributed by atoms with Crippen LogP contribution in [-0.4, -0.2) is 25.5 Å². The minimum Gasteiger partial charge on any atom is -0.306 e. The smallest absolute Gasteiger partial charge is 0.249 e. The number of amides is 1. The number of nitrogens with zero attached hydrogens (tertiary/aromatic N) is 4. The summed E-state index contributed by atoms with van der Waals surface area (Å²) in [7, 11) is 0. The van der Waals surface area contributed by atoms with Crippen LogP contribution in [0.25, 0.3) is 6.08 Å². The number of nitrogens with one attached hydrogen (secondary N) is 1. The third kappa shape index (κ3) is 4.27. The van der Waals surface area contributed by atoms with Crippen molar-refractivity contribution < 1.29 is 4.79 Å². The topological polar surface area (TPSA) is 64.7 Å². The monoisotopic (exact) mass is 349 g/mol. The van der Waals surface area contributed by atoms with E-state index in [9.17, 15) is 4.79 Å². The van der Waals surface area contributed by atoms with Gasteiger partial charge in [-0.3, -0.25) is 14.2 Å². The van der Waals surface area contributed by atoms with Gasteiger partial charge in [0.25, 0.3) is 0 Å². The Bertz CT molecular complexity index is 935. The van der Waals surface area contributed by atoms with E-state index in [1.807, 2.05) is 35.5 Å². The molecule has 0 aliphatic carbocycles. The molecule has 3 rings (SSSR count). The average Bonchev–Trinajstić information content (AvgIpc) is 3.19. The van der Waals surface area contributed by atoms with Gasteiger partial charge in [0, 0.05) is 36.1 Å². The van der Waals surface area contributed by atoms with Crippen LogP contribution in [0, 0.1) is 13.8 Å². The highest BCUT2D eigenvalue weighted by Crippen LogP contribution is 2.11. The number of aromatic nitrogens is 4. The summed E-state index contributed by atoms with van der Waals surface area (Å²) in [4.78, 5) is 12.1. The number of carbonyl (C=O) groups excluding carboxylic acids is 1. The Hall–Kier alpha value is -3.15. The average molecular weight is 349 g/mol. The second-order valence-electron chi connectivity index (χ2n) is 6.21. The van der Waals surface area contributed by atoms with E-state index in [1.54, 1.807) is 18.3 Å². The number of rotatable bonds is 6. The minimum atomic E-state index is -0.213. The molecule has 2 heterocycles. The third-order valence-corrected chi connectivity index (χ3v) is 4.17. The molecular weight excluding hydrogens is 326 g/mol. The maximum Gasteiger partial charge on any atom is 0.249 e. The molecule has 26 heavy (non-hydrogen) atoms. The molecule has 0 atom stereocenters. The standard InChI is InChI=1S/C20H23N5O/c1-4-25-16(3)18(13-21-25)8-9-20(26)22-19-10-11-24(23-19)14-17-7-5-6-15(2)12-17/h5-13H,4,14H2,1-3H3,(H,22,23,26)/b9-8+. The minimum absolute atomic E-state index is 0.213. The summed E-state index contributed by atoms with van der Waals surface area (Å²) in [6.07, 6.45) is 6.90. The summed E-state index contributed by atoms with van der Waals surface area (Å²) >= 11 is 0. The van der Waals surface area contributed by atoms with E-state index >= 15 is 0 Å². The van der Waals surface area contributed by atoms with Gasteiger partial charge in [0.1, 0.15) is 0 Å². The summed E-state index contributed by atoms with van der Waals surface area (Å²) in [6.45, 7) is 7.57. The van der Waals surface area contributed by atoms with Gasteiger partial charge in [0.2, 0.25) is 5.91 Å². The first-order valence-electron chi connectivity index (χ1n) is 8.65. The molecule has 2 aromatic heterocycles. The molecule has 0 aliphatic rings. The van der Waals surface area contributed by atoms with Crippen LogP contribution in [0.4, 0.5) is 5.82 Å². The van der Waals surface area contributed by atoms with Gasteiger partial charge >= 0.3 is 0 Å². The van der Waals surface area contributed by atoms with Gasteiger partial charge in [-0.2, -0.15) is 10.2 Å². The Morgan fingerprint density at radius 1 is 1.27 bits per heavy atom. The molecule has 1 aromatic carbocycles. The maximum atomic E-state index is 12.1. The van der Waals surface area contributed by atoms with Gasteiger partial charge < -0.3 is 5.32 Å². The van der Waals surface area contributed by atoms with Gasteiger partial charge in [-0.1, -0.05) is 29.8 Å². The molecule has 0 saturated carbocycles. The summed E-state index contributed by atoms with van der Waals surface area (Å²) in [5, 5.41) is 11.4. The fourth-order valence-electron chi connectivity index (χ4n) is 2.79. The lowest BCUT2D eigenvalue weighted by Crippen LogP contribution is -2.09. The van der Waals surface area contributed by atoms with Crippen LogP contribution in [-0.2, 0) is 17.9 Å². The number of anilines is 1. The van der Waals surface area contributed by atoms with Crippen LogP contribution in [0.15, 0.2) is 48.8 Å². The van der Waals surface area contributed by atoms with E-state index in [2.05, 4.69) is 40.6 Å². The number of carbonyl (C=O) groups is 1. The van der Waals surface area contributed by atoms with Crippen molar-refractivity contribution in [2.45, 2.75) is 33.9 Å². The Balaban J connectivity index is 1.60. The lowest BCUT2D eigenvalue weighted by atomic mass is 10.1. The van der Waals surface area contributed by atoms with E-state index in [0.29, 0.717) is 12.4 Å². The molecule has 0 unspecified atom stereocenters. The first kappa shape index (κ1) is 17.7. The van der Waals surface area contributed by atoms with Gasteiger partial charge in [0.05, 0.1) is 12.7 Å². The van der Waals surface area contributed by atoms with Crippen LogP contribution >= 0.6 is 0 Å². The summed E-state index contributed by atoms with van der Waals surface area (Å²) in [5.41, 5.74) is 4.37. The summed E-state index contributed by atoms with van der Waals surface area (Å²) < 4.78 is 3.70. The van der Waals surface area contributed by atoms with Crippen LogP contribution in [0.2, 0.25) is 0 Å². The molecule has 0 spiro atoms. The molecule has 0 bridgehead atoms. The first-order valence-corrected chi connectivity index (χ1v) is 8.65. The Kier molecular flexibility index (Phi) is 5.31. The Labute approximate surface area is 153 Å². The highest BCUT2D eigenvalue weighted by molar-refractivity contribution is 6.01. The number of hydrogen-bond donors (Lipinski definition) is 1. The lowest BCUT2D eigenvalue weighted by molar-refractivity contribution is -0.111. The fraction of sp³-hybridized carbons (Fsp3) is 0.250. The van der Waals surface area contributed by atoms with Crippen molar-refractivity contribution in [3.8, 4) is 0 Å². The Morgan fingerprint density at radius 2 is 2.12 bits per heavy atom. The van der Waals surface area contributed by atoms with E-state index in [4.69, 9.17) is 0 Å². The van der Waals surface area contributed by atoms with Crippen LogP contribution in [0.1, 0.15) is 29.3 Å². The van der Waals surface area contributed by atoms with Crippen molar-refractivity contribution in [2.24, 2.45) is 0 Å². The van der Waals surface area contributed by atoms with Crippen molar-refractivity contribution in [3.63, 3.8) is 0 Å². The molecule has 1 N–H and O–H groups in total. The van der Waals surface area contributed by atoms with Crippen molar-refractivity contribution >= 4 is 17.8 Å². The molecule has 0 radical (unpaired) electrons. The van der Waals surface area contributed by atoms with Gasteiger partial charge in [-0.25, -0.2) is 0 Å². The molecule has 0 fully saturated rings. The van der Waals surface area contributed by atoms with Crippen molar-refractivity contribution in [3.05, 3.63) is 71.2 Å². The van der Waals surface area contributed by atoms with E-state index in [0.717, 1.165) is 17.8 Å². The largest absolute Gasteiger partial charge is 0.306 e. The maximum absolute atomic E-state index is 12.1. The summed E-state index contributed by atoms with van der Waals surface area (Å²) in [5.74, 6) is 0.322. The molecule has 0 aliphatic heterocycles. The number of benzene rings is 1. The highest BCUT2D eigenvalue weighted by Gasteiger charge is 2.05. The Morgan fingerprint density at radius 3 is 2.85 bits per heavy atom. The number of aryl methyl sites for hydroxylation is 2. The molecule has 6 heteroatoms. The molecule has 0 saturated heterocycles. The lowest BCUT2D eigenvalue weighted by Gasteiger charge is -2.03. The van der Waals surface area contributed by atoms with Gasteiger partial charge in [-0.15, -0.1) is 0 Å². The van der Waals surface area contributed by atoms with E-state index in [-0.39, 0.29) is 5.91 Å². The predicted octanol–water partition coefficient (Wildman–Crippen LogP) is 3.42. The normalized spacial score (nSPS) is 11.2. The SMILES string of the molecule is CCn1ncc(/C=C/C(=O)Nc2ccn(Cc3cccc(C)c3)n2)c1C. The zero-order valence-electron chi connectivity index (χ0n) is 15.3. The second-order valence-corrected chi connectivity index (χ2v) is 6.21. The van der Waals surface area contributed by atoms with Crippen molar-refractivity contribution in [1.82, 2.24) is 19.6 Å². The molecule has 6 nitrogen and oxygen atoms in total. The zero-order chi connectivity index (χ0) is 18.5. The van der Waals surface area contributed by atoms with Crippen LogP contribution < -0.4 is 5.32 Å². The quantitative estimate of drug-likeness (QED) is 0.694. The first-order chi connectivity index (χ1) is 12.5. The highest BCUT2D eigenvalue weighted by atomic mass is 16.1. The fourth-order valence-corrected chi connectivity index (χ4v) is 2.79. The summed E-state index contributed by atoms with van der Waals surface area (Å²) in [6, 6.07) is 10.1. The predicted molar refractivity (Wildman–Crippen MR) is 103 cm³/mol. The van der Waals surface area contributed by atoms with Gasteiger partial charge in [-0.05, 0) is 32.4 Å². The van der Waals surface area contributed by atoms with Crippen LogP contribution in [0.3, 0.4) is 0 Å². The van der Waals surface area contributed by atoms with E-state index in [1.165, 1.54) is 17.2 Å². The molecule has 134 valence electrons. The molecule has 3 aromatic rings. The van der Waals surface area contributed by atoms with Crippen molar-refractivity contribution in [1.29, 1.82) is 0 Å². The van der Waals surface area contributed by atoms with Crippen molar-refractivity contribution in [2.75, 3.05) is 5.32 Å². The molecular formula is C20H23N5O. The van der Waals surface area contributed by atoms with E-state index < -0.39 is 0 Å².